The Balaban J connectivity index is 1.49. The molecule has 49 heavy (non-hydrogen) atoms. The number of nitriles is 4. The van der Waals surface area contributed by atoms with Crippen molar-refractivity contribution in [2.75, 3.05) is 0 Å². The largest absolute Gasteiger partial charge is 0.308 e. The normalized spacial score (nSPS) is 10.3. The Morgan fingerprint density at radius 3 is 1.49 bits per heavy atom. The van der Waals surface area contributed by atoms with E-state index in [4.69, 9.17) is 18.4 Å². The SMILES string of the molecule is [C-]#[N+]c1cc(C#N)cc(-c2ccc3c(c2)c2cc(-c4cc(C#N)cc([N+]#[C-])c4)ccc2n3-c2ccc(-c3ncc(C#N)cn3)cc2C#N)c1. The standard InChI is InChI=1S/C40H17N9/c1-45-33-11-24(18-41)9-30(14-33)27-3-7-38-35(16-27)36-17-28(31-10-25(19-42)12-34(15-31)46-2)4-8-39(36)49(38)37-6-5-29(13-32(37)21-44)40-47-22-26(20-43)23-48-40/h3-17,22-23H. The first-order chi connectivity index (χ1) is 24.0. The van der Waals surface area contributed by atoms with Gasteiger partial charge in [-0.05, 0) is 101 Å². The summed E-state index contributed by atoms with van der Waals surface area (Å²) in [6, 6.07) is 35.8. The summed E-state index contributed by atoms with van der Waals surface area (Å²) in [4.78, 5) is 15.7. The molecule has 2 heterocycles. The van der Waals surface area contributed by atoms with Crippen molar-refractivity contribution in [2.45, 2.75) is 0 Å². The molecule has 7 aromatic rings. The molecule has 0 spiro atoms. The van der Waals surface area contributed by atoms with Gasteiger partial charge >= 0.3 is 0 Å². The molecule has 0 saturated heterocycles. The average Bonchev–Trinajstić information content (AvgIpc) is 3.49. The number of rotatable bonds is 4. The molecule has 0 fully saturated rings. The van der Waals surface area contributed by atoms with Crippen molar-refractivity contribution in [1.29, 1.82) is 21.0 Å². The van der Waals surface area contributed by atoms with E-state index in [1.807, 2.05) is 59.2 Å². The Kier molecular flexibility index (Phi) is 7.27. The molecule has 0 amide bonds. The molecule has 0 saturated carbocycles. The Morgan fingerprint density at radius 2 is 1.02 bits per heavy atom. The number of hydrogen-bond donors (Lipinski definition) is 0. The number of hydrogen-bond acceptors (Lipinski definition) is 6. The van der Waals surface area contributed by atoms with E-state index in [1.54, 1.807) is 42.5 Å². The summed E-state index contributed by atoms with van der Waals surface area (Å²) >= 11 is 0. The minimum absolute atomic E-state index is 0.333. The first-order valence-electron chi connectivity index (χ1n) is 14.7. The number of nitrogens with zero attached hydrogens (tertiary/aromatic N) is 9. The molecule has 0 aliphatic rings. The fourth-order valence-corrected chi connectivity index (χ4v) is 5.95. The molecule has 0 aliphatic carbocycles. The zero-order valence-corrected chi connectivity index (χ0v) is 25.3. The Labute approximate surface area is 280 Å². The number of fused-ring (bicyclic) bond motifs is 3. The summed E-state index contributed by atoms with van der Waals surface area (Å²) in [5.74, 6) is 0.385. The summed E-state index contributed by atoms with van der Waals surface area (Å²) in [6.07, 6.45) is 2.87. The predicted molar refractivity (Wildman–Crippen MR) is 184 cm³/mol. The fraction of sp³-hybridized carbons (Fsp3) is 0. The van der Waals surface area contributed by atoms with Crippen molar-refractivity contribution in [3.05, 3.63) is 148 Å². The van der Waals surface area contributed by atoms with Gasteiger partial charge in [0.2, 0.25) is 0 Å². The van der Waals surface area contributed by atoms with Gasteiger partial charge in [0.1, 0.15) is 12.1 Å². The maximum absolute atomic E-state index is 10.3. The molecule has 2 aromatic heterocycles. The van der Waals surface area contributed by atoms with Gasteiger partial charge in [-0.15, -0.1) is 0 Å². The van der Waals surface area contributed by atoms with Gasteiger partial charge in [-0.25, -0.2) is 19.7 Å². The molecule has 0 atom stereocenters. The minimum Gasteiger partial charge on any atom is -0.308 e. The van der Waals surface area contributed by atoms with Crippen LogP contribution in [0.4, 0.5) is 11.4 Å². The molecular weight excluding hydrogens is 607 g/mol. The van der Waals surface area contributed by atoms with E-state index >= 15 is 0 Å². The van der Waals surface area contributed by atoms with Crippen molar-refractivity contribution >= 4 is 33.2 Å². The maximum Gasteiger partial charge on any atom is 0.189 e. The van der Waals surface area contributed by atoms with Crippen LogP contribution < -0.4 is 0 Å². The number of benzene rings is 5. The van der Waals surface area contributed by atoms with E-state index in [9.17, 15) is 15.8 Å². The molecule has 0 bridgehead atoms. The van der Waals surface area contributed by atoms with Crippen LogP contribution in [0.25, 0.3) is 70.8 Å². The lowest BCUT2D eigenvalue weighted by atomic mass is 9.98. The van der Waals surface area contributed by atoms with Gasteiger partial charge in [0, 0.05) is 39.9 Å². The lowest BCUT2D eigenvalue weighted by Gasteiger charge is -2.12. The first-order valence-corrected chi connectivity index (χ1v) is 14.7. The van der Waals surface area contributed by atoms with Gasteiger partial charge in [0.15, 0.2) is 17.2 Å². The summed E-state index contributed by atoms with van der Waals surface area (Å²) in [5.41, 5.74) is 8.10. The minimum atomic E-state index is 0.333. The molecule has 0 aliphatic heterocycles. The molecule has 5 aromatic carbocycles. The van der Waals surface area contributed by atoms with Crippen molar-refractivity contribution in [2.24, 2.45) is 0 Å². The zero-order chi connectivity index (χ0) is 34.1. The molecule has 0 radical (unpaired) electrons. The van der Waals surface area contributed by atoms with Crippen LogP contribution in [0.1, 0.15) is 22.3 Å². The van der Waals surface area contributed by atoms with E-state index < -0.39 is 0 Å². The first kappa shape index (κ1) is 29.6. The molecular formula is C40H17N9. The van der Waals surface area contributed by atoms with E-state index in [0.29, 0.717) is 50.7 Å². The molecule has 9 heteroatoms. The topological polar surface area (TPSA) is 135 Å². The predicted octanol–water partition coefficient (Wildman–Crippen LogP) is 9.16. The van der Waals surface area contributed by atoms with Crippen LogP contribution in [-0.2, 0) is 0 Å². The molecule has 9 nitrogen and oxygen atoms in total. The Bertz CT molecular complexity index is 2590. The number of aromatic nitrogens is 3. The highest BCUT2D eigenvalue weighted by atomic mass is 15.0. The van der Waals surface area contributed by atoms with E-state index in [0.717, 1.165) is 44.1 Å². The average molecular weight is 624 g/mol. The van der Waals surface area contributed by atoms with Gasteiger partial charge in [0.25, 0.3) is 0 Å². The van der Waals surface area contributed by atoms with Crippen LogP contribution in [0, 0.1) is 58.5 Å². The second kappa shape index (κ2) is 12.0. The summed E-state index contributed by atoms with van der Waals surface area (Å²) in [5, 5.41) is 40.4. The quantitative estimate of drug-likeness (QED) is 0.179. The molecule has 0 unspecified atom stereocenters. The van der Waals surface area contributed by atoms with Crippen LogP contribution in [0.15, 0.2) is 103 Å². The molecule has 0 N–H and O–H groups in total. The second-order valence-corrected chi connectivity index (χ2v) is 11.0. The van der Waals surface area contributed by atoms with E-state index in [2.05, 4.69) is 37.9 Å². The highest BCUT2D eigenvalue weighted by molar-refractivity contribution is 6.12. The molecule has 7 rings (SSSR count). The van der Waals surface area contributed by atoms with Crippen LogP contribution >= 0.6 is 0 Å². The highest BCUT2D eigenvalue weighted by Gasteiger charge is 2.18. The van der Waals surface area contributed by atoms with Crippen molar-refractivity contribution in [1.82, 2.24) is 14.5 Å². The van der Waals surface area contributed by atoms with Gasteiger partial charge in [-0.1, -0.05) is 12.1 Å². The highest BCUT2D eigenvalue weighted by Crippen LogP contribution is 2.39. The van der Waals surface area contributed by atoms with Crippen LogP contribution in [-0.4, -0.2) is 14.5 Å². The third-order valence-corrected chi connectivity index (χ3v) is 8.18. The van der Waals surface area contributed by atoms with Crippen LogP contribution in [0.3, 0.4) is 0 Å². The summed E-state index contributed by atoms with van der Waals surface area (Å²) in [6.45, 7) is 15.1. The zero-order valence-electron chi connectivity index (χ0n) is 25.3. The van der Waals surface area contributed by atoms with E-state index in [1.165, 1.54) is 12.4 Å². The monoisotopic (exact) mass is 623 g/mol. The summed E-state index contributed by atoms with van der Waals surface area (Å²) < 4.78 is 2.01. The van der Waals surface area contributed by atoms with E-state index in [-0.39, 0.29) is 0 Å². The van der Waals surface area contributed by atoms with Crippen molar-refractivity contribution in [3.63, 3.8) is 0 Å². The van der Waals surface area contributed by atoms with Crippen LogP contribution in [0.2, 0.25) is 0 Å². The Hall–Kier alpha value is -8.08. The van der Waals surface area contributed by atoms with Crippen molar-refractivity contribution < 1.29 is 0 Å². The van der Waals surface area contributed by atoms with Gasteiger partial charge in [-0.2, -0.15) is 21.0 Å². The Morgan fingerprint density at radius 1 is 0.510 bits per heavy atom. The lowest BCUT2D eigenvalue weighted by Crippen LogP contribution is -1.99. The van der Waals surface area contributed by atoms with Gasteiger partial charge in [-0.3, -0.25) is 0 Å². The molecule has 222 valence electrons. The maximum atomic E-state index is 10.3. The second-order valence-electron chi connectivity index (χ2n) is 11.0. The van der Waals surface area contributed by atoms with Crippen molar-refractivity contribution in [3.8, 4) is 63.6 Å². The third kappa shape index (κ3) is 5.21. The fourth-order valence-electron chi connectivity index (χ4n) is 5.95. The van der Waals surface area contributed by atoms with Gasteiger partial charge < -0.3 is 4.57 Å². The third-order valence-electron chi connectivity index (χ3n) is 8.18. The van der Waals surface area contributed by atoms with Gasteiger partial charge in [0.05, 0.1) is 53.1 Å². The lowest BCUT2D eigenvalue weighted by molar-refractivity contribution is 1.14. The summed E-state index contributed by atoms with van der Waals surface area (Å²) in [7, 11) is 0. The smallest absolute Gasteiger partial charge is 0.189 e. The van der Waals surface area contributed by atoms with Crippen LogP contribution in [0.5, 0.6) is 0 Å².